The van der Waals surface area contributed by atoms with Gasteiger partial charge in [-0.15, -0.1) is 0 Å². The largest absolute Gasteiger partial charge is 0.490 e. The average molecular weight is 351 g/mol. The first-order valence-electron chi connectivity index (χ1n) is 8.74. The minimum atomic E-state index is -0.366. The molecule has 26 heavy (non-hydrogen) atoms. The molecule has 0 saturated carbocycles. The van der Waals surface area contributed by atoms with Crippen molar-refractivity contribution in [2.75, 3.05) is 13.7 Å². The number of methoxy groups -OCH3 is 1. The minimum Gasteiger partial charge on any atom is -0.490 e. The highest BCUT2D eigenvalue weighted by molar-refractivity contribution is 5.94. The van der Waals surface area contributed by atoms with Crippen LogP contribution in [-0.2, 0) is 13.0 Å². The van der Waals surface area contributed by atoms with Crippen molar-refractivity contribution >= 4 is 16.6 Å². The monoisotopic (exact) mass is 351 g/mol. The van der Waals surface area contributed by atoms with E-state index in [4.69, 9.17) is 4.74 Å². The van der Waals surface area contributed by atoms with E-state index in [9.17, 15) is 10.1 Å². The van der Waals surface area contributed by atoms with Crippen LogP contribution in [0.25, 0.3) is 10.9 Å². The fraction of sp³-hybridized carbons (Fsp3) is 0.300. The maximum atomic E-state index is 11.6. The number of nitro benzene ring substituents is 1. The summed E-state index contributed by atoms with van der Waals surface area (Å²) >= 11 is 0. The number of rotatable bonds is 4. The zero-order valence-corrected chi connectivity index (χ0v) is 14.9. The molecule has 134 valence electrons. The van der Waals surface area contributed by atoms with Gasteiger partial charge in [-0.1, -0.05) is 30.3 Å². The number of nitrogens with one attached hydrogen (secondary N) is 1. The molecule has 1 N–H and O–H groups in total. The van der Waals surface area contributed by atoms with Crippen molar-refractivity contribution in [2.24, 2.45) is 0 Å². The van der Waals surface area contributed by atoms with E-state index in [2.05, 4.69) is 28.9 Å². The first-order valence-corrected chi connectivity index (χ1v) is 8.74. The smallest absolute Gasteiger partial charge is 0.334 e. The summed E-state index contributed by atoms with van der Waals surface area (Å²) in [5, 5.41) is 12.5. The summed E-state index contributed by atoms with van der Waals surface area (Å²) in [6.07, 6.45) is 0.871. The molecule has 1 unspecified atom stereocenters. The maximum absolute atomic E-state index is 11.6. The van der Waals surface area contributed by atoms with Gasteiger partial charge >= 0.3 is 5.69 Å². The van der Waals surface area contributed by atoms with Crippen LogP contribution < -0.4 is 4.74 Å². The van der Waals surface area contributed by atoms with Crippen molar-refractivity contribution in [3.63, 3.8) is 0 Å². The van der Waals surface area contributed by atoms with Gasteiger partial charge < -0.3 is 9.72 Å². The van der Waals surface area contributed by atoms with Gasteiger partial charge in [0, 0.05) is 30.2 Å². The van der Waals surface area contributed by atoms with Crippen LogP contribution in [0.3, 0.4) is 0 Å². The third kappa shape index (κ3) is 2.63. The van der Waals surface area contributed by atoms with Gasteiger partial charge in [-0.2, -0.15) is 0 Å². The zero-order chi connectivity index (χ0) is 18.3. The summed E-state index contributed by atoms with van der Waals surface area (Å²) < 4.78 is 5.20. The lowest BCUT2D eigenvalue weighted by Crippen LogP contribution is -2.33. The van der Waals surface area contributed by atoms with Crippen molar-refractivity contribution in [1.82, 2.24) is 9.88 Å². The molecular formula is C20H21N3O3. The normalized spacial score (nSPS) is 17.2. The van der Waals surface area contributed by atoms with E-state index in [1.54, 1.807) is 6.07 Å². The Kier molecular flexibility index (Phi) is 4.12. The molecule has 0 fully saturated rings. The number of H-pyrrole nitrogens is 1. The summed E-state index contributed by atoms with van der Waals surface area (Å²) in [6, 6.07) is 14.2. The Morgan fingerprint density at radius 2 is 2.04 bits per heavy atom. The van der Waals surface area contributed by atoms with E-state index in [-0.39, 0.29) is 22.4 Å². The molecule has 1 atom stereocenters. The molecule has 3 aromatic rings. The van der Waals surface area contributed by atoms with E-state index in [1.165, 1.54) is 18.2 Å². The highest BCUT2D eigenvalue weighted by Crippen LogP contribution is 2.41. The standard InChI is InChI=1S/C20H21N3O3/c1-13-18-16(10-11-22(13)12-14-6-4-3-5-7-14)15-8-9-17(26-2)20(23(24)25)19(15)21-18/h3-9,13,21H,10-12H2,1-2H3. The van der Waals surface area contributed by atoms with Gasteiger partial charge in [-0.3, -0.25) is 15.0 Å². The molecular weight excluding hydrogens is 330 g/mol. The number of aromatic nitrogens is 1. The maximum Gasteiger partial charge on any atom is 0.334 e. The second-order valence-corrected chi connectivity index (χ2v) is 6.70. The van der Waals surface area contributed by atoms with Gasteiger partial charge in [-0.05, 0) is 36.6 Å². The van der Waals surface area contributed by atoms with Crippen molar-refractivity contribution in [2.45, 2.75) is 25.9 Å². The Balaban J connectivity index is 1.76. The first-order chi connectivity index (χ1) is 12.6. The van der Waals surface area contributed by atoms with Gasteiger partial charge in [0.2, 0.25) is 0 Å². The summed E-state index contributed by atoms with van der Waals surface area (Å²) in [4.78, 5) is 17.0. The molecule has 0 amide bonds. The Morgan fingerprint density at radius 1 is 1.27 bits per heavy atom. The molecule has 0 saturated heterocycles. The number of aromatic amines is 1. The molecule has 0 spiro atoms. The van der Waals surface area contributed by atoms with Crippen LogP contribution in [0.2, 0.25) is 0 Å². The highest BCUT2D eigenvalue weighted by Gasteiger charge is 2.31. The molecule has 6 nitrogen and oxygen atoms in total. The van der Waals surface area contributed by atoms with Crippen LogP contribution in [0.1, 0.15) is 29.8 Å². The van der Waals surface area contributed by atoms with E-state index in [0.29, 0.717) is 5.52 Å². The summed E-state index contributed by atoms with van der Waals surface area (Å²) in [5.41, 5.74) is 4.10. The average Bonchev–Trinajstić information content (AvgIpc) is 3.03. The second-order valence-electron chi connectivity index (χ2n) is 6.70. The fourth-order valence-corrected chi connectivity index (χ4v) is 3.94. The van der Waals surface area contributed by atoms with E-state index in [0.717, 1.165) is 30.6 Å². The van der Waals surface area contributed by atoms with Crippen LogP contribution in [-0.4, -0.2) is 28.5 Å². The molecule has 0 radical (unpaired) electrons. The minimum absolute atomic E-state index is 0.0150. The summed E-state index contributed by atoms with van der Waals surface area (Å²) in [7, 11) is 1.46. The van der Waals surface area contributed by atoms with Crippen LogP contribution in [0, 0.1) is 10.1 Å². The van der Waals surface area contributed by atoms with E-state index in [1.807, 2.05) is 24.3 Å². The number of ether oxygens (including phenoxy) is 1. The van der Waals surface area contributed by atoms with Crippen molar-refractivity contribution in [3.8, 4) is 5.75 Å². The van der Waals surface area contributed by atoms with Crippen molar-refractivity contribution < 1.29 is 9.66 Å². The fourth-order valence-electron chi connectivity index (χ4n) is 3.94. The topological polar surface area (TPSA) is 71.4 Å². The van der Waals surface area contributed by atoms with Crippen LogP contribution in [0.15, 0.2) is 42.5 Å². The number of nitrogens with zero attached hydrogens (tertiary/aromatic N) is 2. The Hall–Kier alpha value is -2.86. The van der Waals surface area contributed by atoms with Crippen molar-refractivity contribution in [1.29, 1.82) is 0 Å². The third-order valence-electron chi connectivity index (χ3n) is 5.30. The Bertz CT molecular complexity index is 965. The van der Waals surface area contributed by atoms with Gasteiger partial charge in [-0.25, -0.2) is 0 Å². The number of hydrogen-bond acceptors (Lipinski definition) is 4. The zero-order valence-electron chi connectivity index (χ0n) is 14.9. The van der Waals surface area contributed by atoms with Gasteiger partial charge in [0.25, 0.3) is 0 Å². The number of hydrogen-bond donors (Lipinski definition) is 1. The molecule has 1 aliphatic heterocycles. The lowest BCUT2D eigenvalue weighted by atomic mass is 9.97. The van der Waals surface area contributed by atoms with Gasteiger partial charge in [0.15, 0.2) is 5.75 Å². The number of fused-ring (bicyclic) bond motifs is 3. The number of nitro groups is 1. The second kappa shape index (κ2) is 6.46. The van der Waals surface area contributed by atoms with Crippen LogP contribution >= 0.6 is 0 Å². The Morgan fingerprint density at radius 3 is 2.73 bits per heavy atom. The molecule has 0 aliphatic carbocycles. The summed E-state index contributed by atoms with van der Waals surface area (Å²) in [5.74, 6) is 0.287. The molecule has 6 heteroatoms. The first kappa shape index (κ1) is 16.6. The highest BCUT2D eigenvalue weighted by atomic mass is 16.6. The molecule has 1 aromatic heterocycles. The van der Waals surface area contributed by atoms with Crippen molar-refractivity contribution in [3.05, 3.63) is 69.4 Å². The third-order valence-corrected chi connectivity index (χ3v) is 5.30. The quantitative estimate of drug-likeness (QED) is 0.565. The molecule has 4 rings (SSSR count). The van der Waals surface area contributed by atoms with Gasteiger partial charge in [0.1, 0.15) is 5.52 Å². The predicted molar refractivity (Wildman–Crippen MR) is 100 cm³/mol. The lowest BCUT2D eigenvalue weighted by Gasteiger charge is -2.33. The predicted octanol–water partition coefficient (Wildman–Crippen LogP) is 4.20. The van der Waals surface area contributed by atoms with E-state index < -0.39 is 0 Å². The molecule has 0 bridgehead atoms. The summed E-state index contributed by atoms with van der Waals surface area (Å²) in [6.45, 7) is 3.94. The van der Waals surface area contributed by atoms with Gasteiger partial charge in [0.05, 0.1) is 12.0 Å². The molecule has 2 aromatic carbocycles. The lowest BCUT2D eigenvalue weighted by molar-refractivity contribution is -0.384. The van der Waals surface area contributed by atoms with Crippen LogP contribution in [0.5, 0.6) is 5.75 Å². The van der Waals surface area contributed by atoms with E-state index >= 15 is 0 Å². The molecule has 2 heterocycles. The SMILES string of the molecule is COc1ccc2c3c([nH]c2c1[N+](=O)[O-])C(C)N(Cc1ccccc1)CC3. The Labute approximate surface area is 151 Å². The number of benzene rings is 2. The molecule has 1 aliphatic rings. The van der Waals surface area contributed by atoms with Crippen LogP contribution in [0.4, 0.5) is 5.69 Å².